The van der Waals surface area contributed by atoms with Gasteiger partial charge in [-0.3, -0.25) is 0 Å². The fourth-order valence-electron chi connectivity index (χ4n) is 3.73. The largest absolute Gasteiger partial charge is 0.493 e. The molecule has 1 N–H and O–H groups in total. The predicted octanol–water partition coefficient (Wildman–Crippen LogP) is 3.80. The molecular weight excluding hydrogens is 324 g/mol. The molecule has 1 fully saturated rings. The molecule has 1 atom stereocenters. The Hall–Kier alpha value is -2.04. The fraction of sp³-hybridized carbons (Fsp3) is 0.455. The minimum atomic E-state index is 0.746. The van der Waals surface area contributed by atoms with E-state index in [9.17, 15) is 0 Å². The third kappa shape index (κ3) is 4.37. The Morgan fingerprint density at radius 1 is 1.08 bits per heavy atom. The molecule has 0 amide bonds. The van der Waals surface area contributed by atoms with Gasteiger partial charge in [0, 0.05) is 13.1 Å². The molecule has 0 bridgehead atoms. The molecule has 0 aromatic heterocycles. The summed E-state index contributed by atoms with van der Waals surface area (Å²) in [6, 6.07) is 14.6. The fourth-order valence-corrected chi connectivity index (χ4v) is 3.73. The number of nitrogens with zero attached hydrogens (tertiary/aromatic N) is 1. The van der Waals surface area contributed by atoms with Crippen molar-refractivity contribution in [1.29, 1.82) is 0 Å². The molecule has 2 aromatic rings. The molecule has 26 heavy (non-hydrogen) atoms. The van der Waals surface area contributed by atoms with Gasteiger partial charge in [0.15, 0.2) is 11.5 Å². The van der Waals surface area contributed by atoms with E-state index in [2.05, 4.69) is 53.5 Å². The quantitative estimate of drug-likeness (QED) is 0.782. The molecule has 4 nitrogen and oxygen atoms in total. The number of rotatable bonds is 8. The summed E-state index contributed by atoms with van der Waals surface area (Å²) in [5.74, 6) is 2.29. The topological polar surface area (TPSA) is 33.7 Å². The van der Waals surface area contributed by atoms with Gasteiger partial charge in [-0.25, -0.2) is 0 Å². The molecule has 1 aliphatic heterocycles. The lowest BCUT2D eigenvalue weighted by molar-refractivity contribution is 0.338. The van der Waals surface area contributed by atoms with E-state index >= 15 is 0 Å². The van der Waals surface area contributed by atoms with E-state index in [0.29, 0.717) is 0 Å². The smallest absolute Gasteiger partial charge is 0.161 e. The SMILES string of the molecule is CCN1CCC(CNCc2cc(OC)c(OC)cc2-c2ccccc2)C1. The highest BCUT2D eigenvalue weighted by atomic mass is 16.5. The summed E-state index contributed by atoms with van der Waals surface area (Å²) in [4.78, 5) is 2.53. The average molecular weight is 354 g/mol. The van der Waals surface area contributed by atoms with Gasteiger partial charge in [-0.15, -0.1) is 0 Å². The Morgan fingerprint density at radius 3 is 2.46 bits per heavy atom. The number of nitrogens with one attached hydrogen (secondary N) is 1. The minimum Gasteiger partial charge on any atom is -0.493 e. The zero-order valence-corrected chi connectivity index (χ0v) is 16.1. The van der Waals surface area contributed by atoms with Crippen LogP contribution in [0.1, 0.15) is 18.9 Å². The van der Waals surface area contributed by atoms with Gasteiger partial charge in [-0.2, -0.15) is 0 Å². The number of benzene rings is 2. The Balaban J connectivity index is 1.76. The van der Waals surface area contributed by atoms with E-state index in [1.54, 1.807) is 14.2 Å². The van der Waals surface area contributed by atoms with E-state index in [4.69, 9.17) is 9.47 Å². The van der Waals surface area contributed by atoms with Crippen molar-refractivity contribution in [3.8, 4) is 22.6 Å². The number of hydrogen-bond acceptors (Lipinski definition) is 4. The first-order valence-corrected chi connectivity index (χ1v) is 9.48. The van der Waals surface area contributed by atoms with Crippen LogP contribution in [0.2, 0.25) is 0 Å². The van der Waals surface area contributed by atoms with Crippen LogP contribution in [0.5, 0.6) is 11.5 Å². The maximum absolute atomic E-state index is 5.52. The van der Waals surface area contributed by atoms with Gasteiger partial charge in [0.1, 0.15) is 0 Å². The van der Waals surface area contributed by atoms with Crippen molar-refractivity contribution in [2.75, 3.05) is 40.4 Å². The third-order valence-corrected chi connectivity index (χ3v) is 5.26. The van der Waals surface area contributed by atoms with Crippen LogP contribution >= 0.6 is 0 Å². The van der Waals surface area contributed by atoms with Crippen LogP contribution in [0.3, 0.4) is 0 Å². The van der Waals surface area contributed by atoms with Gasteiger partial charge in [-0.05, 0) is 60.8 Å². The standard InChI is InChI=1S/C22H30N2O2/c1-4-24-11-10-17(16-24)14-23-15-19-12-21(25-2)22(26-3)13-20(19)18-8-6-5-7-9-18/h5-9,12-13,17,23H,4,10-11,14-16H2,1-3H3. The summed E-state index contributed by atoms with van der Waals surface area (Å²) in [7, 11) is 3.37. The van der Waals surface area contributed by atoms with Crippen LogP contribution in [-0.2, 0) is 6.54 Å². The second-order valence-electron chi connectivity index (χ2n) is 6.91. The lowest BCUT2D eigenvalue weighted by Crippen LogP contribution is -2.26. The molecule has 1 saturated heterocycles. The Kier molecular flexibility index (Phi) is 6.53. The van der Waals surface area contributed by atoms with E-state index in [1.165, 1.54) is 36.2 Å². The van der Waals surface area contributed by atoms with Crippen LogP contribution in [0.4, 0.5) is 0 Å². The van der Waals surface area contributed by atoms with Gasteiger partial charge >= 0.3 is 0 Å². The van der Waals surface area contributed by atoms with Crippen molar-refractivity contribution in [2.45, 2.75) is 19.9 Å². The van der Waals surface area contributed by atoms with Crippen LogP contribution < -0.4 is 14.8 Å². The number of methoxy groups -OCH3 is 2. The molecule has 2 aromatic carbocycles. The second kappa shape index (κ2) is 9.06. The molecule has 0 saturated carbocycles. The summed E-state index contributed by atoms with van der Waals surface area (Å²) in [5.41, 5.74) is 3.62. The van der Waals surface area contributed by atoms with Crippen molar-refractivity contribution in [3.05, 3.63) is 48.0 Å². The van der Waals surface area contributed by atoms with Crippen molar-refractivity contribution < 1.29 is 9.47 Å². The maximum Gasteiger partial charge on any atom is 0.161 e. The highest BCUT2D eigenvalue weighted by Crippen LogP contribution is 2.35. The minimum absolute atomic E-state index is 0.746. The highest BCUT2D eigenvalue weighted by Gasteiger charge is 2.20. The van der Waals surface area contributed by atoms with Crippen LogP contribution in [0.15, 0.2) is 42.5 Å². The summed E-state index contributed by atoms with van der Waals surface area (Å²) >= 11 is 0. The molecule has 1 unspecified atom stereocenters. The van der Waals surface area contributed by atoms with Gasteiger partial charge < -0.3 is 19.7 Å². The molecule has 4 heteroatoms. The van der Waals surface area contributed by atoms with Gasteiger partial charge in [0.2, 0.25) is 0 Å². The van der Waals surface area contributed by atoms with Gasteiger partial charge in [-0.1, -0.05) is 37.3 Å². The highest BCUT2D eigenvalue weighted by molar-refractivity contribution is 5.71. The molecule has 1 aliphatic rings. The second-order valence-corrected chi connectivity index (χ2v) is 6.91. The normalized spacial score (nSPS) is 17.4. The predicted molar refractivity (Wildman–Crippen MR) is 107 cm³/mol. The van der Waals surface area contributed by atoms with Crippen molar-refractivity contribution in [1.82, 2.24) is 10.2 Å². The average Bonchev–Trinajstić information content (AvgIpc) is 3.16. The summed E-state index contributed by atoms with van der Waals surface area (Å²) in [6.07, 6.45) is 1.29. The molecule has 0 aliphatic carbocycles. The molecule has 3 rings (SSSR count). The first kappa shape index (κ1) is 18.7. The lowest BCUT2D eigenvalue weighted by Gasteiger charge is -2.17. The molecule has 1 heterocycles. The Morgan fingerprint density at radius 2 is 1.81 bits per heavy atom. The van der Waals surface area contributed by atoms with Crippen LogP contribution in [0.25, 0.3) is 11.1 Å². The molecular formula is C22H30N2O2. The van der Waals surface area contributed by atoms with Crippen molar-refractivity contribution >= 4 is 0 Å². The summed E-state index contributed by atoms with van der Waals surface area (Å²) in [5, 5.41) is 3.66. The Labute approximate surface area is 157 Å². The summed E-state index contributed by atoms with van der Waals surface area (Å²) in [6.45, 7) is 7.72. The number of likely N-dealkylation sites (tertiary alicyclic amines) is 1. The lowest BCUT2D eigenvalue weighted by atomic mass is 9.98. The third-order valence-electron chi connectivity index (χ3n) is 5.26. The maximum atomic E-state index is 5.52. The monoisotopic (exact) mass is 354 g/mol. The first-order chi connectivity index (χ1) is 12.7. The zero-order chi connectivity index (χ0) is 18.4. The van der Waals surface area contributed by atoms with Gasteiger partial charge in [0.25, 0.3) is 0 Å². The summed E-state index contributed by atoms with van der Waals surface area (Å²) < 4.78 is 11.0. The Bertz CT molecular complexity index is 703. The van der Waals surface area contributed by atoms with E-state index in [-0.39, 0.29) is 0 Å². The van der Waals surface area contributed by atoms with Crippen molar-refractivity contribution in [3.63, 3.8) is 0 Å². The first-order valence-electron chi connectivity index (χ1n) is 9.48. The van der Waals surface area contributed by atoms with E-state index in [1.807, 2.05) is 6.07 Å². The van der Waals surface area contributed by atoms with Crippen molar-refractivity contribution in [2.24, 2.45) is 5.92 Å². The molecule has 0 spiro atoms. The molecule has 0 radical (unpaired) electrons. The van der Waals surface area contributed by atoms with E-state index < -0.39 is 0 Å². The number of ether oxygens (including phenoxy) is 2. The van der Waals surface area contributed by atoms with Crippen LogP contribution in [0, 0.1) is 5.92 Å². The van der Waals surface area contributed by atoms with Gasteiger partial charge in [0.05, 0.1) is 14.2 Å². The zero-order valence-electron chi connectivity index (χ0n) is 16.1. The van der Waals surface area contributed by atoms with E-state index in [0.717, 1.165) is 37.1 Å². The van der Waals surface area contributed by atoms with Crippen LogP contribution in [-0.4, -0.2) is 45.3 Å². The molecule has 140 valence electrons. The number of hydrogen-bond donors (Lipinski definition) is 1.